The first-order valence-corrected chi connectivity index (χ1v) is 5.14. The van der Waals surface area contributed by atoms with Gasteiger partial charge in [-0.05, 0) is 25.5 Å². The first kappa shape index (κ1) is 14.1. The molecule has 1 fully saturated rings. The number of hydrogen-bond donors (Lipinski definition) is 1. The van der Waals surface area contributed by atoms with Crippen LogP contribution in [0.5, 0.6) is 5.75 Å². The Balaban J connectivity index is 0.00000144. The summed E-state index contributed by atoms with van der Waals surface area (Å²) in [5.41, 5.74) is 0.581. The summed E-state index contributed by atoms with van der Waals surface area (Å²) in [5.74, 6) is -0.102. The molecule has 1 atom stereocenters. The van der Waals surface area contributed by atoms with Gasteiger partial charge in [-0.3, -0.25) is 0 Å². The number of nitrogens with one attached hydrogen (secondary N) is 1. The van der Waals surface area contributed by atoms with E-state index in [1.54, 1.807) is 18.2 Å². The summed E-state index contributed by atoms with van der Waals surface area (Å²) in [5, 5.41) is 3.15. The largest absolute Gasteiger partial charge is 0.573 e. The number of ether oxygens (including phenoxy) is 1. The molecular weight excluding hydrogens is 255 g/mol. The Morgan fingerprint density at radius 2 is 1.94 bits per heavy atom. The van der Waals surface area contributed by atoms with Crippen LogP contribution in [0.15, 0.2) is 24.3 Å². The zero-order valence-corrected chi connectivity index (χ0v) is 9.77. The highest BCUT2D eigenvalue weighted by Gasteiger charge is 2.33. The van der Waals surface area contributed by atoms with E-state index in [-0.39, 0.29) is 24.2 Å². The fourth-order valence-electron chi connectivity index (χ4n) is 1.94. The van der Waals surface area contributed by atoms with Crippen molar-refractivity contribution in [2.75, 3.05) is 6.54 Å². The SMILES string of the molecule is Cl.FC(F)(F)Oc1ccccc1[C@@H]1CCCN1. The second kappa shape index (κ2) is 5.60. The lowest BCUT2D eigenvalue weighted by molar-refractivity contribution is -0.275. The van der Waals surface area contributed by atoms with E-state index in [2.05, 4.69) is 10.1 Å². The molecular formula is C11H13ClF3NO. The van der Waals surface area contributed by atoms with Crippen LogP contribution in [0.1, 0.15) is 24.4 Å². The van der Waals surface area contributed by atoms with Gasteiger partial charge in [0.15, 0.2) is 0 Å². The predicted octanol–water partition coefficient (Wildman–Crippen LogP) is 3.43. The lowest BCUT2D eigenvalue weighted by Gasteiger charge is -2.17. The number of hydrogen-bond acceptors (Lipinski definition) is 2. The van der Waals surface area contributed by atoms with Crippen LogP contribution in [0, 0.1) is 0 Å². The third kappa shape index (κ3) is 3.78. The molecule has 1 N–H and O–H groups in total. The number of para-hydroxylation sites is 1. The molecule has 0 aliphatic carbocycles. The van der Waals surface area contributed by atoms with Crippen molar-refractivity contribution >= 4 is 12.4 Å². The fraction of sp³-hybridized carbons (Fsp3) is 0.455. The van der Waals surface area contributed by atoms with Crippen LogP contribution in [0.3, 0.4) is 0 Å². The van der Waals surface area contributed by atoms with Gasteiger partial charge < -0.3 is 10.1 Å². The monoisotopic (exact) mass is 267 g/mol. The van der Waals surface area contributed by atoms with Crippen LogP contribution < -0.4 is 10.1 Å². The number of halogens is 4. The Kier molecular flexibility index (Phi) is 4.65. The molecule has 17 heavy (non-hydrogen) atoms. The van der Waals surface area contributed by atoms with Crippen LogP contribution in [0.2, 0.25) is 0 Å². The van der Waals surface area contributed by atoms with Gasteiger partial charge in [-0.2, -0.15) is 0 Å². The molecule has 1 aromatic carbocycles. The summed E-state index contributed by atoms with van der Waals surface area (Å²) in [6.07, 6.45) is -2.81. The van der Waals surface area contributed by atoms with E-state index in [1.165, 1.54) is 6.07 Å². The smallest absolute Gasteiger partial charge is 0.405 e. The summed E-state index contributed by atoms with van der Waals surface area (Å²) >= 11 is 0. The van der Waals surface area contributed by atoms with Crippen molar-refractivity contribution in [3.05, 3.63) is 29.8 Å². The number of benzene rings is 1. The van der Waals surface area contributed by atoms with Gasteiger partial charge in [-0.1, -0.05) is 18.2 Å². The molecule has 0 saturated carbocycles. The van der Waals surface area contributed by atoms with Crippen molar-refractivity contribution in [1.29, 1.82) is 0 Å². The average molecular weight is 268 g/mol. The summed E-state index contributed by atoms with van der Waals surface area (Å²) < 4.78 is 40.5. The third-order valence-corrected chi connectivity index (χ3v) is 2.58. The van der Waals surface area contributed by atoms with E-state index in [0.717, 1.165) is 19.4 Å². The van der Waals surface area contributed by atoms with E-state index in [4.69, 9.17) is 0 Å². The van der Waals surface area contributed by atoms with Crippen molar-refractivity contribution in [2.45, 2.75) is 25.2 Å². The molecule has 1 saturated heterocycles. The van der Waals surface area contributed by atoms with Gasteiger partial charge in [-0.25, -0.2) is 0 Å². The summed E-state index contributed by atoms with van der Waals surface area (Å²) in [6.45, 7) is 0.838. The fourth-order valence-corrected chi connectivity index (χ4v) is 1.94. The number of alkyl halides is 3. The third-order valence-electron chi connectivity index (χ3n) is 2.58. The maximum absolute atomic E-state index is 12.2. The molecule has 6 heteroatoms. The molecule has 1 aromatic rings. The van der Waals surface area contributed by atoms with Gasteiger partial charge >= 0.3 is 6.36 Å². The normalized spacial score (nSPS) is 19.8. The van der Waals surface area contributed by atoms with Crippen LogP contribution in [-0.2, 0) is 0 Å². The van der Waals surface area contributed by atoms with Crippen LogP contribution in [-0.4, -0.2) is 12.9 Å². The van der Waals surface area contributed by atoms with Crippen LogP contribution in [0.4, 0.5) is 13.2 Å². The molecule has 1 heterocycles. The van der Waals surface area contributed by atoms with Gasteiger partial charge in [0.25, 0.3) is 0 Å². The van der Waals surface area contributed by atoms with Crippen molar-refractivity contribution < 1.29 is 17.9 Å². The van der Waals surface area contributed by atoms with Crippen molar-refractivity contribution in [2.24, 2.45) is 0 Å². The zero-order valence-electron chi connectivity index (χ0n) is 8.96. The molecule has 0 bridgehead atoms. The molecule has 96 valence electrons. The molecule has 0 amide bonds. The van der Waals surface area contributed by atoms with Crippen molar-refractivity contribution in [3.63, 3.8) is 0 Å². The summed E-state index contributed by atoms with van der Waals surface area (Å²) in [4.78, 5) is 0. The zero-order chi connectivity index (χ0) is 11.6. The highest BCUT2D eigenvalue weighted by Crippen LogP contribution is 2.33. The van der Waals surface area contributed by atoms with Crippen molar-refractivity contribution in [3.8, 4) is 5.75 Å². The predicted molar refractivity (Wildman–Crippen MR) is 60.4 cm³/mol. The van der Waals surface area contributed by atoms with Crippen LogP contribution in [0.25, 0.3) is 0 Å². The quantitative estimate of drug-likeness (QED) is 0.886. The lowest BCUT2D eigenvalue weighted by atomic mass is 10.0. The Bertz CT molecular complexity index is 364. The maximum atomic E-state index is 12.2. The molecule has 0 radical (unpaired) electrons. The molecule has 2 rings (SSSR count). The highest BCUT2D eigenvalue weighted by atomic mass is 35.5. The Morgan fingerprint density at radius 1 is 1.24 bits per heavy atom. The Hall–Kier alpha value is -0.940. The Labute approximate surface area is 104 Å². The molecule has 1 aliphatic rings. The van der Waals surface area contributed by atoms with E-state index in [1.807, 2.05) is 0 Å². The minimum absolute atomic E-state index is 0. The second-order valence-electron chi connectivity index (χ2n) is 3.73. The lowest BCUT2D eigenvalue weighted by Crippen LogP contribution is -2.20. The second-order valence-corrected chi connectivity index (χ2v) is 3.73. The molecule has 0 unspecified atom stereocenters. The standard InChI is InChI=1S/C11H12F3NO.ClH/c12-11(13,14)16-10-6-2-1-4-8(10)9-5-3-7-15-9;/h1-2,4,6,9,15H,3,5,7H2;1H/t9-;/m0./s1. The average Bonchev–Trinajstić information content (AvgIpc) is 2.69. The molecule has 2 nitrogen and oxygen atoms in total. The first-order chi connectivity index (χ1) is 7.56. The van der Waals surface area contributed by atoms with Gasteiger partial charge in [-0.15, -0.1) is 25.6 Å². The molecule has 1 aliphatic heterocycles. The highest BCUT2D eigenvalue weighted by molar-refractivity contribution is 5.85. The Morgan fingerprint density at radius 3 is 2.53 bits per heavy atom. The van der Waals surface area contributed by atoms with Gasteiger partial charge in [0.2, 0.25) is 0 Å². The summed E-state index contributed by atoms with van der Waals surface area (Å²) in [7, 11) is 0. The summed E-state index contributed by atoms with van der Waals surface area (Å²) in [6, 6.07) is 6.25. The van der Waals surface area contributed by atoms with E-state index in [9.17, 15) is 13.2 Å². The van der Waals surface area contributed by atoms with E-state index >= 15 is 0 Å². The topological polar surface area (TPSA) is 21.3 Å². The van der Waals surface area contributed by atoms with Gasteiger partial charge in [0, 0.05) is 11.6 Å². The maximum Gasteiger partial charge on any atom is 0.573 e. The van der Waals surface area contributed by atoms with E-state index in [0.29, 0.717) is 5.56 Å². The van der Waals surface area contributed by atoms with Crippen molar-refractivity contribution in [1.82, 2.24) is 5.32 Å². The molecule has 0 aromatic heterocycles. The minimum Gasteiger partial charge on any atom is -0.405 e. The van der Waals surface area contributed by atoms with Crippen LogP contribution >= 0.6 is 12.4 Å². The molecule has 0 spiro atoms. The number of rotatable bonds is 2. The minimum atomic E-state index is -4.63. The van der Waals surface area contributed by atoms with Gasteiger partial charge in [0.1, 0.15) is 5.75 Å². The van der Waals surface area contributed by atoms with Gasteiger partial charge in [0.05, 0.1) is 0 Å². The first-order valence-electron chi connectivity index (χ1n) is 5.14. The van der Waals surface area contributed by atoms with E-state index < -0.39 is 6.36 Å².